The highest BCUT2D eigenvalue weighted by Gasteiger charge is 2.40. The number of hydrogen-bond acceptors (Lipinski definition) is 5. The summed E-state index contributed by atoms with van der Waals surface area (Å²) in [7, 11) is 0. The van der Waals surface area contributed by atoms with Gasteiger partial charge in [0.15, 0.2) is 0 Å². The average Bonchev–Trinajstić information content (AvgIpc) is 2.80. The van der Waals surface area contributed by atoms with Gasteiger partial charge in [0.1, 0.15) is 11.6 Å². The van der Waals surface area contributed by atoms with Crippen LogP contribution in [0.3, 0.4) is 0 Å². The molecule has 2 aliphatic rings. The second kappa shape index (κ2) is 8.13. The summed E-state index contributed by atoms with van der Waals surface area (Å²) in [6.07, 6.45) is 5.76. The molecule has 0 radical (unpaired) electrons. The lowest BCUT2D eigenvalue weighted by molar-refractivity contribution is 0.0924. The lowest BCUT2D eigenvalue weighted by Gasteiger charge is -2.32. The molecule has 5 nitrogen and oxygen atoms in total. The van der Waals surface area contributed by atoms with Gasteiger partial charge in [-0.1, -0.05) is 0 Å². The summed E-state index contributed by atoms with van der Waals surface area (Å²) >= 11 is 0. The molecular formula is C14H24Cl2N4O. The van der Waals surface area contributed by atoms with Crippen LogP contribution < -0.4 is 10.6 Å². The first-order valence-corrected chi connectivity index (χ1v) is 7.12. The van der Waals surface area contributed by atoms with Crippen LogP contribution in [0.5, 0.6) is 0 Å². The predicted molar refractivity (Wildman–Crippen MR) is 88.6 cm³/mol. The molecule has 2 N–H and O–H groups in total. The highest BCUT2D eigenvalue weighted by molar-refractivity contribution is 5.85. The van der Waals surface area contributed by atoms with Crippen molar-refractivity contribution in [3.63, 3.8) is 0 Å². The molecule has 21 heavy (non-hydrogen) atoms. The van der Waals surface area contributed by atoms with Gasteiger partial charge in [-0.15, -0.1) is 24.8 Å². The van der Waals surface area contributed by atoms with E-state index in [0.717, 1.165) is 37.9 Å². The van der Waals surface area contributed by atoms with Gasteiger partial charge in [-0.2, -0.15) is 0 Å². The number of aryl methyl sites for hydroxylation is 1. The molecule has 2 aliphatic heterocycles. The molecule has 0 bridgehead atoms. The first-order chi connectivity index (χ1) is 9.26. The van der Waals surface area contributed by atoms with Crippen molar-refractivity contribution in [2.24, 2.45) is 5.41 Å². The number of halogens is 2. The maximum Gasteiger partial charge on any atom is 0.129 e. The van der Waals surface area contributed by atoms with Gasteiger partial charge in [-0.05, 0) is 50.8 Å². The van der Waals surface area contributed by atoms with Gasteiger partial charge in [-0.3, -0.25) is 0 Å². The largest absolute Gasteiger partial charge is 0.376 e. The van der Waals surface area contributed by atoms with E-state index >= 15 is 0 Å². The highest BCUT2D eigenvalue weighted by Crippen LogP contribution is 2.40. The van der Waals surface area contributed by atoms with Crippen LogP contribution in [-0.2, 0) is 4.74 Å². The molecule has 1 atom stereocenters. The van der Waals surface area contributed by atoms with E-state index in [1.165, 1.54) is 19.3 Å². The van der Waals surface area contributed by atoms with Crippen molar-refractivity contribution in [2.45, 2.75) is 32.3 Å². The fourth-order valence-corrected chi connectivity index (χ4v) is 3.11. The minimum absolute atomic E-state index is 0. The van der Waals surface area contributed by atoms with Crippen LogP contribution in [0.1, 0.15) is 25.1 Å². The van der Waals surface area contributed by atoms with E-state index in [1.807, 2.05) is 13.0 Å². The summed E-state index contributed by atoms with van der Waals surface area (Å²) < 4.78 is 5.96. The summed E-state index contributed by atoms with van der Waals surface area (Å²) in [5, 5.41) is 6.78. The van der Waals surface area contributed by atoms with Crippen LogP contribution in [-0.4, -0.2) is 42.3 Å². The molecule has 1 aromatic heterocycles. The van der Waals surface area contributed by atoms with Crippen molar-refractivity contribution in [2.75, 3.05) is 31.6 Å². The molecular weight excluding hydrogens is 311 g/mol. The van der Waals surface area contributed by atoms with E-state index in [9.17, 15) is 0 Å². The lowest BCUT2D eigenvalue weighted by Crippen LogP contribution is -2.37. The Morgan fingerprint density at radius 3 is 2.86 bits per heavy atom. The summed E-state index contributed by atoms with van der Waals surface area (Å²) in [5.74, 6) is 1.69. The van der Waals surface area contributed by atoms with E-state index in [1.54, 1.807) is 6.20 Å². The van der Waals surface area contributed by atoms with Crippen LogP contribution in [0.25, 0.3) is 0 Å². The summed E-state index contributed by atoms with van der Waals surface area (Å²) in [4.78, 5) is 8.45. The van der Waals surface area contributed by atoms with Crippen molar-refractivity contribution >= 4 is 30.6 Å². The zero-order valence-corrected chi connectivity index (χ0v) is 13.9. The number of anilines is 1. The maximum absolute atomic E-state index is 5.96. The first-order valence-electron chi connectivity index (χ1n) is 7.12. The quantitative estimate of drug-likeness (QED) is 0.887. The third-order valence-electron chi connectivity index (χ3n) is 4.24. The molecule has 2 saturated heterocycles. The smallest absolute Gasteiger partial charge is 0.129 e. The Balaban J connectivity index is 0.00000110. The zero-order valence-electron chi connectivity index (χ0n) is 12.3. The molecule has 0 saturated carbocycles. The predicted octanol–water partition coefficient (Wildman–Crippen LogP) is 2.20. The average molecular weight is 335 g/mol. The van der Waals surface area contributed by atoms with Crippen LogP contribution in [0.2, 0.25) is 0 Å². The topological polar surface area (TPSA) is 59.1 Å². The summed E-state index contributed by atoms with van der Waals surface area (Å²) in [5.41, 5.74) is 0.430. The van der Waals surface area contributed by atoms with Crippen LogP contribution in [0.4, 0.5) is 5.82 Å². The van der Waals surface area contributed by atoms with Gasteiger partial charge in [0, 0.05) is 12.7 Å². The van der Waals surface area contributed by atoms with Crippen LogP contribution in [0.15, 0.2) is 12.3 Å². The molecule has 0 aliphatic carbocycles. The monoisotopic (exact) mass is 334 g/mol. The van der Waals surface area contributed by atoms with Gasteiger partial charge in [-0.25, -0.2) is 9.97 Å². The minimum atomic E-state index is 0. The molecule has 3 rings (SSSR count). The molecule has 3 heterocycles. The third kappa shape index (κ3) is 4.68. The number of nitrogens with one attached hydrogen (secondary N) is 2. The third-order valence-corrected chi connectivity index (χ3v) is 4.24. The minimum Gasteiger partial charge on any atom is -0.376 e. The van der Waals surface area contributed by atoms with Crippen molar-refractivity contribution in [1.82, 2.24) is 15.3 Å². The van der Waals surface area contributed by atoms with Gasteiger partial charge in [0.25, 0.3) is 0 Å². The Kier molecular flexibility index (Phi) is 7.13. The van der Waals surface area contributed by atoms with E-state index < -0.39 is 0 Å². The number of hydrogen-bond donors (Lipinski definition) is 2. The van der Waals surface area contributed by atoms with E-state index in [2.05, 4.69) is 20.6 Å². The zero-order chi connectivity index (χ0) is 13.1. The maximum atomic E-state index is 5.96. The first kappa shape index (κ1) is 18.4. The number of aromatic nitrogens is 2. The molecule has 1 spiro atoms. The fourth-order valence-electron chi connectivity index (χ4n) is 3.11. The van der Waals surface area contributed by atoms with E-state index in [4.69, 9.17) is 4.74 Å². The second-order valence-corrected chi connectivity index (χ2v) is 5.76. The molecule has 1 unspecified atom stereocenters. The van der Waals surface area contributed by atoms with E-state index in [-0.39, 0.29) is 24.8 Å². The summed E-state index contributed by atoms with van der Waals surface area (Å²) in [6.45, 7) is 5.93. The number of piperidine rings is 1. The highest BCUT2D eigenvalue weighted by atomic mass is 35.5. The van der Waals surface area contributed by atoms with Crippen molar-refractivity contribution in [3.8, 4) is 0 Å². The molecule has 7 heteroatoms. The van der Waals surface area contributed by atoms with Gasteiger partial charge in [0.2, 0.25) is 0 Å². The molecule has 2 fully saturated rings. The number of rotatable bonds is 3. The normalized spacial score (nSPS) is 23.2. The summed E-state index contributed by atoms with van der Waals surface area (Å²) in [6, 6.07) is 1.91. The Labute approximate surface area is 138 Å². The van der Waals surface area contributed by atoms with Crippen LogP contribution in [0, 0.1) is 12.3 Å². The molecule has 120 valence electrons. The molecule has 1 aromatic rings. The Morgan fingerprint density at radius 1 is 1.38 bits per heavy atom. The molecule has 0 amide bonds. The fraction of sp³-hybridized carbons (Fsp3) is 0.714. The van der Waals surface area contributed by atoms with Crippen molar-refractivity contribution < 1.29 is 4.74 Å². The number of ether oxygens (including phenoxy) is 1. The van der Waals surface area contributed by atoms with Gasteiger partial charge >= 0.3 is 0 Å². The van der Waals surface area contributed by atoms with E-state index in [0.29, 0.717) is 11.5 Å². The van der Waals surface area contributed by atoms with Crippen molar-refractivity contribution in [3.05, 3.63) is 18.1 Å². The Hall–Kier alpha value is -0.620. The Morgan fingerprint density at radius 2 is 2.14 bits per heavy atom. The second-order valence-electron chi connectivity index (χ2n) is 5.76. The number of nitrogens with zero attached hydrogens (tertiary/aromatic N) is 2. The van der Waals surface area contributed by atoms with Crippen LogP contribution >= 0.6 is 24.8 Å². The Bertz CT molecular complexity index is 441. The van der Waals surface area contributed by atoms with Crippen molar-refractivity contribution in [1.29, 1.82) is 0 Å². The lowest BCUT2D eigenvalue weighted by atomic mass is 9.77. The van der Waals surface area contributed by atoms with Gasteiger partial charge in [0.05, 0.1) is 12.7 Å². The molecule has 0 aromatic carbocycles. The SMILES string of the molecule is Cc1nccc(NCC2CC3(CCNCC3)CO2)n1.Cl.Cl. The van der Waals surface area contributed by atoms with Gasteiger partial charge < -0.3 is 15.4 Å². The standard InChI is InChI=1S/C14H22N4O.2ClH/c1-11-16-5-2-13(18-11)17-9-12-8-14(10-19-12)3-6-15-7-4-14;;/h2,5,12,15H,3-4,6-10H2,1H3,(H,16,17,18);2*1H.